The molecule has 0 fully saturated rings. The van der Waals surface area contributed by atoms with Crippen LogP contribution in [0, 0.1) is 0 Å². The molecule has 0 spiro atoms. The molecule has 0 unspecified atom stereocenters. The maximum atomic E-state index is 12.8. The largest absolute Gasteiger partial charge is 0.272 e. The van der Waals surface area contributed by atoms with E-state index in [0.717, 1.165) is 22.3 Å². The average molecular weight is 599 g/mol. The minimum Gasteiger partial charge on any atom is -0.272 e. The van der Waals surface area contributed by atoms with Crippen LogP contribution in [0.15, 0.2) is 84.9 Å². The first-order valence-corrected chi connectivity index (χ1v) is 15.6. The van der Waals surface area contributed by atoms with Crippen LogP contribution in [-0.4, -0.2) is 45.5 Å². The van der Waals surface area contributed by atoms with Gasteiger partial charge in [0.25, 0.3) is 23.6 Å². The number of hydrogen-bond donors (Lipinski definition) is 0. The molecule has 0 atom stereocenters. The third kappa shape index (κ3) is 5.28. The first-order chi connectivity index (χ1) is 21.4. The molecule has 2 heterocycles. The van der Waals surface area contributed by atoms with Gasteiger partial charge in [0, 0.05) is 17.5 Å². The second-order valence-electron chi connectivity index (χ2n) is 13.3. The summed E-state index contributed by atoms with van der Waals surface area (Å²) in [5.74, 6) is -0.864. The molecule has 228 valence electrons. The van der Waals surface area contributed by atoms with Crippen molar-refractivity contribution in [3.05, 3.63) is 141 Å². The molecule has 4 aromatic rings. The van der Waals surface area contributed by atoms with E-state index in [-0.39, 0.29) is 41.1 Å². The molecule has 6 nitrogen and oxygen atoms in total. The standard InChI is InChI=1S/C39H38N2O4/c1-23(2)40-35(42)31-17-11-27(21-33(31)37(40)44)19-25-7-13-29(14-8-25)39(5,6)30-15-9-26(10-16-30)20-28-12-18-32-34(22-28)38(45)41(24(3)4)36(32)43/h7-18,21-24H,19-20H2,1-6H3. The van der Waals surface area contributed by atoms with Gasteiger partial charge in [-0.25, -0.2) is 0 Å². The Hall–Kier alpha value is -4.84. The zero-order valence-corrected chi connectivity index (χ0v) is 26.7. The number of nitrogens with zero attached hydrogens (tertiary/aromatic N) is 2. The van der Waals surface area contributed by atoms with Gasteiger partial charge in [0.15, 0.2) is 0 Å². The number of hydrogen-bond acceptors (Lipinski definition) is 4. The second kappa shape index (κ2) is 11.3. The maximum Gasteiger partial charge on any atom is 0.261 e. The van der Waals surface area contributed by atoms with Gasteiger partial charge in [-0.15, -0.1) is 0 Å². The molecule has 2 aliphatic rings. The Labute approximate surface area is 264 Å². The molecule has 0 radical (unpaired) electrons. The van der Waals surface area contributed by atoms with E-state index in [1.54, 1.807) is 12.1 Å². The number of carbonyl (C=O) groups is 4. The number of amides is 4. The quantitative estimate of drug-likeness (QED) is 0.201. The number of fused-ring (bicyclic) bond motifs is 2. The first kappa shape index (κ1) is 30.2. The van der Waals surface area contributed by atoms with Crippen molar-refractivity contribution in [2.45, 2.75) is 71.9 Å². The van der Waals surface area contributed by atoms with Crippen LogP contribution in [0.1, 0.15) is 116 Å². The van der Waals surface area contributed by atoms with E-state index in [2.05, 4.69) is 62.4 Å². The van der Waals surface area contributed by atoms with Crippen molar-refractivity contribution in [2.75, 3.05) is 0 Å². The van der Waals surface area contributed by atoms with E-state index in [0.29, 0.717) is 35.1 Å². The Kier molecular flexibility index (Phi) is 7.56. The van der Waals surface area contributed by atoms with Gasteiger partial charge in [-0.1, -0.05) is 74.5 Å². The topological polar surface area (TPSA) is 74.8 Å². The smallest absolute Gasteiger partial charge is 0.261 e. The summed E-state index contributed by atoms with van der Waals surface area (Å²) in [6, 6.07) is 28.0. The lowest BCUT2D eigenvalue weighted by atomic mass is 9.77. The number of benzene rings is 4. The van der Waals surface area contributed by atoms with Crippen LogP contribution >= 0.6 is 0 Å². The average Bonchev–Trinajstić information content (AvgIpc) is 3.41. The summed E-state index contributed by atoms with van der Waals surface area (Å²) in [6.45, 7) is 11.8. The van der Waals surface area contributed by atoms with E-state index in [9.17, 15) is 19.2 Å². The highest BCUT2D eigenvalue weighted by molar-refractivity contribution is 6.22. The van der Waals surface area contributed by atoms with Gasteiger partial charge in [-0.05, 0) is 98.2 Å². The molecule has 0 aliphatic carbocycles. The van der Waals surface area contributed by atoms with Crippen molar-refractivity contribution in [3.8, 4) is 0 Å². The Morgan fingerprint density at radius 2 is 0.778 bits per heavy atom. The third-order valence-corrected chi connectivity index (χ3v) is 9.17. The molecule has 4 aromatic carbocycles. The van der Waals surface area contributed by atoms with E-state index < -0.39 is 0 Å². The van der Waals surface area contributed by atoms with E-state index in [1.165, 1.54) is 20.9 Å². The third-order valence-electron chi connectivity index (χ3n) is 9.17. The van der Waals surface area contributed by atoms with Crippen molar-refractivity contribution < 1.29 is 19.2 Å². The van der Waals surface area contributed by atoms with Crippen molar-refractivity contribution >= 4 is 23.6 Å². The number of rotatable bonds is 8. The van der Waals surface area contributed by atoms with Gasteiger partial charge in [0.1, 0.15) is 0 Å². The van der Waals surface area contributed by atoms with Gasteiger partial charge in [0.05, 0.1) is 22.3 Å². The van der Waals surface area contributed by atoms with E-state index in [4.69, 9.17) is 0 Å². The highest BCUT2D eigenvalue weighted by Crippen LogP contribution is 2.33. The first-order valence-electron chi connectivity index (χ1n) is 15.6. The fourth-order valence-electron chi connectivity index (χ4n) is 6.49. The zero-order valence-electron chi connectivity index (χ0n) is 26.7. The predicted octanol–water partition coefficient (Wildman–Crippen LogP) is 7.20. The fraction of sp³-hybridized carbons (Fsp3) is 0.282. The summed E-state index contributed by atoms with van der Waals surface area (Å²) in [6.07, 6.45) is 1.34. The lowest BCUT2D eigenvalue weighted by molar-refractivity contribution is 0.0592. The summed E-state index contributed by atoms with van der Waals surface area (Å²) in [5, 5.41) is 0. The Morgan fingerprint density at radius 3 is 1.11 bits per heavy atom. The normalized spacial score (nSPS) is 14.7. The lowest BCUT2D eigenvalue weighted by Gasteiger charge is -2.26. The number of imide groups is 2. The number of carbonyl (C=O) groups excluding carboxylic acids is 4. The lowest BCUT2D eigenvalue weighted by Crippen LogP contribution is -2.35. The molecule has 0 aromatic heterocycles. The SMILES string of the molecule is CC(C)N1C(=O)c2ccc(Cc3ccc(C(C)(C)c4ccc(Cc5ccc6c(c5)C(=O)N(C(C)C)C6=O)cc4)cc3)cc2C1=O. The molecule has 0 saturated carbocycles. The molecule has 0 N–H and O–H groups in total. The zero-order chi connectivity index (χ0) is 32.2. The van der Waals surface area contributed by atoms with Crippen LogP contribution < -0.4 is 0 Å². The van der Waals surface area contributed by atoms with Crippen molar-refractivity contribution in [1.82, 2.24) is 9.80 Å². The van der Waals surface area contributed by atoms with Crippen molar-refractivity contribution in [2.24, 2.45) is 0 Å². The van der Waals surface area contributed by atoms with Crippen LogP contribution in [0.5, 0.6) is 0 Å². The second-order valence-corrected chi connectivity index (χ2v) is 13.3. The summed E-state index contributed by atoms with van der Waals surface area (Å²) in [5.41, 5.74) is 8.37. The maximum absolute atomic E-state index is 12.8. The summed E-state index contributed by atoms with van der Waals surface area (Å²) in [7, 11) is 0. The van der Waals surface area contributed by atoms with Crippen molar-refractivity contribution in [3.63, 3.8) is 0 Å². The summed E-state index contributed by atoms with van der Waals surface area (Å²) < 4.78 is 0. The minimum atomic E-state index is -0.224. The Balaban J connectivity index is 1.14. The fourth-order valence-corrected chi connectivity index (χ4v) is 6.49. The molecular weight excluding hydrogens is 560 g/mol. The Morgan fingerprint density at radius 1 is 0.467 bits per heavy atom. The Bertz CT molecular complexity index is 1710. The van der Waals surface area contributed by atoms with Gasteiger partial charge in [-0.3, -0.25) is 29.0 Å². The van der Waals surface area contributed by atoms with E-state index in [1.807, 2.05) is 52.0 Å². The van der Waals surface area contributed by atoms with Crippen LogP contribution in [0.4, 0.5) is 0 Å². The predicted molar refractivity (Wildman–Crippen MR) is 175 cm³/mol. The highest BCUT2D eigenvalue weighted by Gasteiger charge is 2.38. The monoisotopic (exact) mass is 598 g/mol. The molecule has 2 aliphatic heterocycles. The van der Waals surface area contributed by atoms with Crippen LogP contribution in [0.25, 0.3) is 0 Å². The van der Waals surface area contributed by atoms with Crippen LogP contribution in [0.3, 0.4) is 0 Å². The van der Waals surface area contributed by atoms with Gasteiger partial charge >= 0.3 is 0 Å². The van der Waals surface area contributed by atoms with Crippen LogP contribution in [-0.2, 0) is 18.3 Å². The highest BCUT2D eigenvalue weighted by atomic mass is 16.2. The van der Waals surface area contributed by atoms with Gasteiger partial charge < -0.3 is 0 Å². The van der Waals surface area contributed by atoms with Crippen molar-refractivity contribution in [1.29, 1.82) is 0 Å². The minimum absolute atomic E-state index is 0.172. The molecular formula is C39H38N2O4. The van der Waals surface area contributed by atoms with E-state index >= 15 is 0 Å². The molecule has 45 heavy (non-hydrogen) atoms. The summed E-state index contributed by atoms with van der Waals surface area (Å²) >= 11 is 0. The summed E-state index contributed by atoms with van der Waals surface area (Å²) in [4.78, 5) is 53.6. The molecule has 0 saturated heterocycles. The molecule has 6 rings (SSSR count). The molecule has 0 bridgehead atoms. The van der Waals surface area contributed by atoms with Gasteiger partial charge in [-0.2, -0.15) is 0 Å². The van der Waals surface area contributed by atoms with Gasteiger partial charge in [0.2, 0.25) is 0 Å². The van der Waals surface area contributed by atoms with Crippen LogP contribution in [0.2, 0.25) is 0 Å². The molecule has 4 amide bonds. The molecule has 6 heteroatoms.